The van der Waals surface area contributed by atoms with Gasteiger partial charge < -0.3 is 20.1 Å². The summed E-state index contributed by atoms with van der Waals surface area (Å²) in [5.74, 6) is 0.311. The molecule has 0 fully saturated rings. The summed E-state index contributed by atoms with van der Waals surface area (Å²) in [4.78, 5) is 19.1. The number of nitriles is 1. The highest BCUT2D eigenvalue weighted by Gasteiger charge is 2.16. The van der Waals surface area contributed by atoms with Crippen molar-refractivity contribution < 1.29 is 4.79 Å². The van der Waals surface area contributed by atoms with Crippen molar-refractivity contribution in [2.75, 3.05) is 18.4 Å². The van der Waals surface area contributed by atoms with Gasteiger partial charge in [0.25, 0.3) is 0 Å². The Morgan fingerprint density at radius 3 is 2.52 bits per heavy atom. The fourth-order valence-corrected chi connectivity index (χ4v) is 5.01. The minimum Gasteiger partial charge on any atom is -0.354 e. The predicted molar refractivity (Wildman–Crippen MR) is 173 cm³/mol. The molecule has 0 bridgehead atoms. The number of nitrogens with zero attached hydrogens (tertiary/aromatic N) is 4. The first-order chi connectivity index (χ1) is 20.2. The average Bonchev–Trinajstić information content (AvgIpc) is 3.41. The first-order valence-corrected chi connectivity index (χ1v) is 14.7. The first kappa shape index (κ1) is 31.0. The third-order valence-corrected chi connectivity index (χ3v) is 8.01. The van der Waals surface area contributed by atoms with Crippen LogP contribution in [0.1, 0.15) is 47.7 Å². The molecule has 0 saturated carbocycles. The number of halogens is 2. The summed E-state index contributed by atoms with van der Waals surface area (Å²) in [5, 5.41) is 16.8. The molecular weight excluding hydrogens is 587 g/mol. The smallest absolute Gasteiger partial charge is 0.226 e. The first-order valence-electron chi connectivity index (χ1n) is 13.6. The van der Waals surface area contributed by atoms with Gasteiger partial charge >= 0.3 is 0 Å². The summed E-state index contributed by atoms with van der Waals surface area (Å²) in [6.07, 6.45) is 3.58. The molecule has 42 heavy (non-hydrogen) atoms. The topological polar surface area (TPSA) is 86.0 Å². The highest BCUT2D eigenvalue weighted by atomic mass is 35.5. The molecule has 7 nitrogen and oxygen atoms in total. The SMILES string of the molecule is CC(C)c1ccc(NC(=S)N(CCNC(=O)Cc2cncn2Cc2ccc(C#N)cc2)Cc2cccc(Cl)c2Cl)cc1. The summed E-state index contributed by atoms with van der Waals surface area (Å²) in [7, 11) is 0. The Labute approximate surface area is 262 Å². The van der Waals surface area contributed by atoms with Gasteiger partial charge in [0, 0.05) is 43.8 Å². The van der Waals surface area contributed by atoms with Crippen molar-refractivity contribution >= 4 is 52.1 Å². The van der Waals surface area contributed by atoms with E-state index in [0.29, 0.717) is 52.8 Å². The summed E-state index contributed by atoms with van der Waals surface area (Å²) < 4.78 is 1.93. The predicted octanol–water partition coefficient (Wildman–Crippen LogP) is 6.79. The van der Waals surface area contributed by atoms with Gasteiger partial charge in [-0.05, 0) is 65.2 Å². The second-order valence-electron chi connectivity index (χ2n) is 10.2. The number of carbonyl (C=O) groups excluding carboxylic acids is 1. The Morgan fingerprint density at radius 2 is 1.83 bits per heavy atom. The highest BCUT2D eigenvalue weighted by molar-refractivity contribution is 7.80. The van der Waals surface area contributed by atoms with E-state index in [4.69, 9.17) is 40.7 Å². The monoisotopic (exact) mass is 618 g/mol. The van der Waals surface area contributed by atoms with E-state index in [9.17, 15) is 4.79 Å². The normalized spacial score (nSPS) is 10.8. The van der Waals surface area contributed by atoms with Crippen LogP contribution in [-0.4, -0.2) is 38.6 Å². The van der Waals surface area contributed by atoms with Crippen LogP contribution in [0, 0.1) is 11.3 Å². The molecule has 0 spiro atoms. The quantitative estimate of drug-likeness (QED) is 0.180. The largest absolute Gasteiger partial charge is 0.354 e. The lowest BCUT2D eigenvalue weighted by atomic mass is 10.0. The molecule has 4 aromatic rings. The maximum absolute atomic E-state index is 12.9. The number of aromatic nitrogens is 2. The van der Waals surface area contributed by atoms with Crippen molar-refractivity contribution in [1.29, 1.82) is 5.26 Å². The number of rotatable bonds is 11. The van der Waals surface area contributed by atoms with E-state index in [1.807, 2.05) is 45.9 Å². The van der Waals surface area contributed by atoms with Crippen molar-refractivity contribution in [3.63, 3.8) is 0 Å². The van der Waals surface area contributed by atoms with Crippen LogP contribution in [-0.2, 0) is 24.3 Å². The minimum atomic E-state index is -0.125. The lowest BCUT2D eigenvalue weighted by Crippen LogP contribution is -2.40. The van der Waals surface area contributed by atoms with Crippen molar-refractivity contribution in [3.8, 4) is 6.07 Å². The molecule has 3 aromatic carbocycles. The van der Waals surface area contributed by atoms with Crippen LogP contribution < -0.4 is 10.6 Å². The third kappa shape index (κ3) is 8.56. The van der Waals surface area contributed by atoms with E-state index in [-0.39, 0.29) is 12.3 Å². The molecule has 1 aromatic heterocycles. The molecule has 0 aliphatic heterocycles. The fraction of sp³-hybridized carbons (Fsp3) is 0.250. The summed E-state index contributed by atoms with van der Waals surface area (Å²) in [5.41, 5.74) is 5.38. The van der Waals surface area contributed by atoms with Crippen LogP contribution in [0.25, 0.3) is 0 Å². The van der Waals surface area contributed by atoms with Gasteiger partial charge in [0.1, 0.15) is 0 Å². The second-order valence-corrected chi connectivity index (χ2v) is 11.4. The van der Waals surface area contributed by atoms with E-state index in [1.54, 1.807) is 30.7 Å². The molecule has 4 rings (SSSR count). The van der Waals surface area contributed by atoms with Gasteiger partial charge in [-0.3, -0.25) is 4.79 Å². The number of amides is 1. The summed E-state index contributed by atoms with van der Waals surface area (Å²) >= 11 is 18.5. The molecule has 1 amide bonds. The van der Waals surface area contributed by atoms with E-state index < -0.39 is 0 Å². The van der Waals surface area contributed by atoms with Gasteiger partial charge in [0.05, 0.1) is 34.4 Å². The van der Waals surface area contributed by atoms with Crippen LogP contribution in [0.2, 0.25) is 10.0 Å². The van der Waals surface area contributed by atoms with Crippen LogP contribution in [0.3, 0.4) is 0 Å². The lowest BCUT2D eigenvalue weighted by molar-refractivity contribution is -0.120. The molecule has 0 radical (unpaired) electrons. The Kier molecular flexibility index (Phi) is 11.0. The van der Waals surface area contributed by atoms with Crippen LogP contribution in [0.5, 0.6) is 0 Å². The standard InChI is InChI=1S/C32H32Cl2N6OS/c1-22(2)25-10-12-27(13-11-25)38-32(42)39(20-26-4-3-5-29(33)31(26)34)15-14-37-30(41)16-28-18-36-21-40(28)19-24-8-6-23(17-35)7-9-24/h3-13,18,21-22H,14-16,19-20H2,1-2H3,(H,37,41)(H,38,42). The van der Waals surface area contributed by atoms with Gasteiger partial charge in [0.2, 0.25) is 5.91 Å². The number of hydrogen-bond donors (Lipinski definition) is 2. The number of carbonyl (C=O) groups is 1. The highest BCUT2D eigenvalue weighted by Crippen LogP contribution is 2.27. The average molecular weight is 620 g/mol. The molecular formula is C32H32Cl2N6OS. The Morgan fingerprint density at radius 1 is 1.10 bits per heavy atom. The minimum absolute atomic E-state index is 0.125. The molecule has 1 heterocycles. The van der Waals surface area contributed by atoms with E-state index in [2.05, 4.69) is 47.7 Å². The zero-order chi connectivity index (χ0) is 30.1. The maximum Gasteiger partial charge on any atom is 0.226 e. The molecule has 2 N–H and O–H groups in total. The Bertz CT molecular complexity index is 1560. The molecule has 0 unspecified atom stereocenters. The summed E-state index contributed by atoms with van der Waals surface area (Å²) in [6.45, 7) is 6.11. The van der Waals surface area contributed by atoms with Gasteiger partial charge in [-0.2, -0.15) is 5.26 Å². The molecule has 0 atom stereocenters. The van der Waals surface area contributed by atoms with Crippen LogP contribution >= 0.6 is 35.4 Å². The fourth-order valence-electron chi connectivity index (χ4n) is 4.36. The van der Waals surface area contributed by atoms with E-state index >= 15 is 0 Å². The maximum atomic E-state index is 12.9. The molecule has 0 aliphatic carbocycles. The summed E-state index contributed by atoms with van der Waals surface area (Å²) in [6, 6.07) is 23.2. The van der Waals surface area contributed by atoms with Crippen molar-refractivity contribution in [1.82, 2.24) is 19.8 Å². The molecule has 0 aliphatic rings. The number of anilines is 1. The van der Waals surface area contributed by atoms with E-state index in [0.717, 1.165) is 22.5 Å². The van der Waals surface area contributed by atoms with Crippen molar-refractivity contribution in [2.24, 2.45) is 0 Å². The van der Waals surface area contributed by atoms with E-state index in [1.165, 1.54) is 5.56 Å². The molecule has 216 valence electrons. The number of nitrogens with one attached hydrogen (secondary N) is 2. The van der Waals surface area contributed by atoms with Gasteiger partial charge in [0.15, 0.2) is 5.11 Å². The number of imidazole rings is 1. The number of thiocarbonyl (C=S) groups is 1. The van der Waals surface area contributed by atoms with Crippen molar-refractivity contribution in [2.45, 2.75) is 39.3 Å². The number of hydrogen-bond acceptors (Lipinski definition) is 4. The molecule has 10 heteroatoms. The van der Waals surface area contributed by atoms with Gasteiger partial charge in [-0.1, -0.05) is 73.4 Å². The number of benzene rings is 3. The van der Waals surface area contributed by atoms with Gasteiger partial charge in [-0.15, -0.1) is 0 Å². The molecule has 0 saturated heterocycles. The van der Waals surface area contributed by atoms with Crippen molar-refractivity contribution in [3.05, 3.63) is 117 Å². The zero-order valence-corrected chi connectivity index (χ0v) is 25.8. The second kappa shape index (κ2) is 14.8. The van der Waals surface area contributed by atoms with Crippen LogP contribution in [0.15, 0.2) is 79.3 Å². The third-order valence-electron chi connectivity index (χ3n) is 6.79. The zero-order valence-electron chi connectivity index (χ0n) is 23.5. The van der Waals surface area contributed by atoms with Gasteiger partial charge in [-0.25, -0.2) is 4.98 Å². The Hall–Kier alpha value is -3.90. The lowest BCUT2D eigenvalue weighted by Gasteiger charge is -2.27. The van der Waals surface area contributed by atoms with Crippen LogP contribution in [0.4, 0.5) is 5.69 Å². The Balaban J connectivity index is 1.38.